The molecule has 0 saturated heterocycles. The highest BCUT2D eigenvalue weighted by Crippen LogP contribution is 2.67. The summed E-state index contributed by atoms with van der Waals surface area (Å²) >= 11 is 0. The van der Waals surface area contributed by atoms with E-state index in [4.69, 9.17) is 0 Å². The Morgan fingerprint density at radius 3 is 1.20 bits per heavy atom. The minimum Gasteiger partial charge on any atom is -0.327 e. The standard InChI is InChI=1S/C19H12F12NO2P/c20-15(21,22)13(16(23,24)25)14(33)32-17(18(26,27)28,19(29,30)31)35(34,11-7-3-1-4-8-11)12-9-5-2-6-10-12/h1-10,13H,(H,32,33). The van der Waals surface area contributed by atoms with Crippen molar-refractivity contribution in [3.05, 3.63) is 60.7 Å². The Labute approximate surface area is 188 Å². The van der Waals surface area contributed by atoms with Gasteiger partial charge in [-0.05, 0) is 0 Å². The van der Waals surface area contributed by atoms with Crippen LogP contribution in [0.1, 0.15) is 0 Å². The molecule has 0 spiro atoms. The van der Waals surface area contributed by atoms with Crippen molar-refractivity contribution in [3.63, 3.8) is 0 Å². The van der Waals surface area contributed by atoms with Crippen LogP contribution in [-0.2, 0) is 9.36 Å². The zero-order valence-corrected chi connectivity index (χ0v) is 17.5. The van der Waals surface area contributed by atoms with E-state index in [0.717, 1.165) is 36.4 Å². The lowest BCUT2D eigenvalue weighted by Crippen LogP contribution is -2.71. The molecule has 0 radical (unpaired) electrons. The van der Waals surface area contributed by atoms with E-state index in [9.17, 15) is 62.0 Å². The molecule has 0 aliphatic rings. The van der Waals surface area contributed by atoms with Crippen molar-refractivity contribution in [1.29, 1.82) is 0 Å². The van der Waals surface area contributed by atoms with Crippen molar-refractivity contribution in [3.8, 4) is 0 Å². The Morgan fingerprint density at radius 1 is 0.629 bits per heavy atom. The van der Waals surface area contributed by atoms with Crippen molar-refractivity contribution >= 4 is 23.7 Å². The maximum absolute atomic E-state index is 14.3. The van der Waals surface area contributed by atoms with Crippen LogP contribution >= 0.6 is 7.14 Å². The van der Waals surface area contributed by atoms with E-state index in [1.807, 2.05) is 0 Å². The van der Waals surface area contributed by atoms with Gasteiger partial charge in [0.2, 0.25) is 11.8 Å². The van der Waals surface area contributed by atoms with E-state index >= 15 is 0 Å². The fourth-order valence-electron chi connectivity index (χ4n) is 3.28. The summed E-state index contributed by atoms with van der Waals surface area (Å²) in [5, 5.41) is -8.68. The molecule has 0 atom stereocenters. The summed E-state index contributed by atoms with van der Waals surface area (Å²) in [7, 11) is -6.42. The molecule has 0 saturated carbocycles. The predicted molar refractivity (Wildman–Crippen MR) is 98.3 cm³/mol. The van der Waals surface area contributed by atoms with Gasteiger partial charge < -0.3 is 9.88 Å². The first-order chi connectivity index (χ1) is 15.7. The number of carbonyl (C=O) groups is 1. The van der Waals surface area contributed by atoms with Gasteiger partial charge in [-0.25, -0.2) is 0 Å². The van der Waals surface area contributed by atoms with E-state index in [2.05, 4.69) is 0 Å². The summed E-state index contributed by atoms with van der Waals surface area (Å²) in [5.41, 5.74) is 0. The third-order valence-electron chi connectivity index (χ3n) is 4.75. The molecule has 16 heteroatoms. The molecule has 0 aromatic heterocycles. The van der Waals surface area contributed by atoms with Gasteiger partial charge >= 0.3 is 24.7 Å². The lowest BCUT2D eigenvalue weighted by Gasteiger charge is -2.44. The van der Waals surface area contributed by atoms with Gasteiger partial charge in [-0.3, -0.25) is 4.79 Å². The Hall–Kier alpha value is -2.70. The quantitative estimate of drug-likeness (QED) is 0.389. The lowest BCUT2D eigenvalue weighted by atomic mass is 10.1. The van der Waals surface area contributed by atoms with Crippen LogP contribution in [0.3, 0.4) is 0 Å². The molecule has 2 aromatic rings. The third kappa shape index (κ3) is 5.00. The second-order valence-corrected chi connectivity index (χ2v) is 9.91. The van der Waals surface area contributed by atoms with Crippen LogP contribution in [0.5, 0.6) is 0 Å². The number of nitrogens with one attached hydrogen (secondary N) is 1. The molecule has 194 valence electrons. The van der Waals surface area contributed by atoms with Crippen molar-refractivity contribution < 1.29 is 62.0 Å². The Morgan fingerprint density at radius 2 is 0.943 bits per heavy atom. The van der Waals surface area contributed by atoms with Gasteiger partial charge in [-0.1, -0.05) is 60.7 Å². The first-order valence-electron chi connectivity index (χ1n) is 9.01. The fourth-order valence-corrected chi connectivity index (χ4v) is 6.52. The van der Waals surface area contributed by atoms with Crippen LogP contribution in [0.2, 0.25) is 0 Å². The molecule has 1 amide bonds. The van der Waals surface area contributed by atoms with Gasteiger partial charge in [0.25, 0.3) is 5.28 Å². The Kier molecular flexibility index (Phi) is 7.39. The molecular formula is C19H12F12NO2P. The average Bonchev–Trinajstić information content (AvgIpc) is 2.68. The highest BCUT2D eigenvalue weighted by Gasteiger charge is 2.81. The van der Waals surface area contributed by atoms with Gasteiger partial charge in [0.05, 0.1) is 0 Å². The zero-order valence-electron chi connectivity index (χ0n) is 16.7. The molecule has 0 bridgehead atoms. The molecular weight excluding hydrogens is 533 g/mol. The molecule has 3 nitrogen and oxygen atoms in total. The van der Waals surface area contributed by atoms with Gasteiger partial charge in [0.15, 0.2) is 7.14 Å². The summed E-state index contributed by atoms with van der Waals surface area (Å²) in [6.07, 6.45) is -27.1. The van der Waals surface area contributed by atoms with Gasteiger partial charge in [-0.2, -0.15) is 52.7 Å². The first-order valence-corrected chi connectivity index (χ1v) is 10.7. The van der Waals surface area contributed by atoms with E-state index in [0.29, 0.717) is 24.3 Å². The van der Waals surface area contributed by atoms with Crippen LogP contribution < -0.4 is 15.9 Å². The van der Waals surface area contributed by atoms with Crippen LogP contribution in [0, 0.1) is 5.92 Å². The summed E-state index contributed by atoms with van der Waals surface area (Å²) < 4.78 is 177. The molecule has 35 heavy (non-hydrogen) atoms. The number of alkyl halides is 12. The Bertz CT molecular complexity index is 1000. The molecule has 1 N–H and O–H groups in total. The highest BCUT2D eigenvalue weighted by molar-refractivity contribution is 7.80. The molecule has 0 fully saturated rings. The SMILES string of the molecule is O=C(NC(C(F)(F)F)(C(F)(F)F)P(=O)(c1ccccc1)c1ccccc1)C(C(F)(F)F)C(F)(F)F. The molecule has 0 unspecified atom stereocenters. The Balaban J connectivity index is 3.03. The van der Waals surface area contributed by atoms with Crippen LogP contribution in [0.25, 0.3) is 0 Å². The zero-order chi connectivity index (χ0) is 27.1. The second kappa shape index (κ2) is 9.07. The third-order valence-corrected chi connectivity index (χ3v) is 8.37. The largest absolute Gasteiger partial charge is 0.428 e. The maximum atomic E-state index is 14.3. The molecule has 2 aromatic carbocycles. The smallest absolute Gasteiger partial charge is 0.327 e. The van der Waals surface area contributed by atoms with Crippen molar-refractivity contribution in [2.45, 2.75) is 30.0 Å². The number of halogens is 12. The van der Waals surface area contributed by atoms with Crippen LogP contribution in [0.15, 0.2) is 60.7 Å². The monoisotopic (exact) mass is 545 g/mol. The summed E-state index contributed by atoms with van der Waals surface area (Å²) in [6, 6.07) is 7.60. The molecule has 0 aliphatic heterocycles. The van der Waals surface area contributed by atoms with E-state index in [1.54, 1.807) is 0 Å². The average molecular weight is 545 g/mol. The highest BCUT2D eigenvalue weighted by atomic mass is 31.2. The number of rotatable bonds is 5. The fraction of sp³-hybridized carbons (Fsp3) is 0.316. The van der Waals surface area contributed by atoms with Gasteiger partial charge in [0, 0.05) is 10.6 Å². The van der Waals surface area contributed by atoms with Crippen LogP contribution in [-0.4, -0.2) is 35.9 Å². The van der Waals surface area contributed by atoms with Gasteiger partial charge in [0.1, 0.15) is 0 Å². The topological polar surface area (TPSA) is 46.2 Å². The van der Waals surface area contributed by atoms with Gasteiger partial charge in [-0.15, -0.1) is 0 Å². The number of carbonyl (C=O) groups excluding carboxylic acids is 1. The lowest BCUT2D eigenvalue weighted by molar-refractivity contribution is -0.290. The van der Waals surface area contributed by atoms with Crippen molar-refractivity contribution in [2.75, 3.05) is 0 Å². The normalized spacial score (nSPS) is 14.2. The number of benzene rings is 2. The summed E-state index contributed by atoms with van der Waals surface area (Å²) in [5.74, 6) is -9.01. The molecule has 0 heterocycles. The maximum Gasteiger partial charge on any atom is 0.428 e. The number of amides is 1. The molecule has 2 rings (SSSR count). The summed E-state index contributed by atoms with van der Waals surface area (Å²) in [6.45, 7) is 0. The minimum atomic E-state index is -6.90. The van der Waals surface area contributed by atoms with Crippen molar-refractivity contribution in [2.24, 2.45) is 5.92 Å². The summed E-state index contributed by atoms with van der Waals surface area (Å²) in [4.78, 5) is 12.0. The predicted octanol–water partition coefficient (Wildman–Crippen LogP) is 5.68. The van der Waals surface area contributed by atoms with Crippen molar-refractivity contribution in [1.82, 2.24) is 5.32 Å². The number of hydrogen-bond acceptors (Lipinski definition) is 2. The number of hydrogen-bond donors (Lipinski definition) is 1. The second-order valence-electron chi connectivity index (χ2n) is 6.99. The van der Waals surface area contributed by atoms with E-state index < -0.39 is 59.6 Å². The first kappa shape index (κ1) is 28.5. The minimum absolute atomic E-state index is 0.131. The molecule has 0 aliphatic carbocycles. The van der Waals surface area contributed by atoms with E-state index in [-0.39, 0.29) is 5.32 Å². The van der Waals surface area contributed by atoms with E-state index in [1.165, 1.54) is 0 Å². The van der Waals surface area contributed by atoms with Crippen LogP contribution in [0.4, 0.5) is 52.7 Å².